The molecular weight excluding hydrogens is 368 g/mol. The molecule has 0 radical (unpaired) electrons. The van der Waals surface area contributed by atoms with Gasteiger partial charge in [-0.2, -0.15) is 15.6 Å². The molecule has 0 fully saturated rings. The lowest BCUT2D eigenvalue weighted by molar-refractivity contribution is -0.384. The van der Waals surface area contributed by atoms with Gasteiger partial charge in [-0.1, -0.05) is 18.2 Å². The van der Waals surface area contributed by atoms with Gasteiger partial charge in [0, 0.05) is 34.8 Å². The summed E-state index contributed by atoms with van der Waals surface area (Å²) in [5.74, 6) is -0.653. The number of fused-ring (bicyclic) bond motifs is 1. The number of non-ortho nitro benzene ring substituents is 1. The monoisotopic (exact) mass is 384 g/mol. The zero-order valence-electron chi connectivity index (χ0n) is 15.5. The van der Waals surface area contributed by atoms with E-state index in [1.54, 1.807) is 24.4 Å². The van der Waals surface area contributed by atoms with Gasteiger partial charge < -0.3 is 5.32 Å². The van der Waals surface area contributed by atoms with Gasteiger partial charge in [-0.05, 0) is 30.7 Å². The van der Waals surface area contributed by atoms with E-state index in [4.69, 9.17) is 0 Å². The molecule has 1 aliphatic heterocycles. The van der Waals surface area contributed by atoms with E-state index >= 15 is 0 Å². The van der Waals surface area contributed by atoms with Crippen molar-refractivity contribution in [3.63, 3.8) is 0 Å². The molecule has 142 valence electrons. The highest BCUT2D eigenvalue weighted by Gasteiger charge is 2.46. The molecule has 8 nitrogen and oxygen atoms in total. The third kappa shape index (κ3) is 2.88. The molecule has 0 spiro atoms. The predicted octanol–water partition coefficient (Wildman–Crippen LogP) is 3.41. The van der Waals surface area contributed by atoms with Crippen molar-refractivity contribution >= 4 is 22.3 Å². The quantitative estimate of drug-likeness (QED) is 0.525. The normalized spacial score (nSPS) is 23.5. The first-order valence-electron chi connectivity index (χ1n) is 8.97. The van der Waals surface area contributed by atoms with Crippen LogP contribution in [0, 0.1) is 38.7 Å². The van der Waals surface area contributed by atoms with Crippen LogP contribution in [0.3, 0.4) is 0 Å². The van der Waals surface area contributed by atoms with Gasteiger partial charge in [-0.3, -0.25) is 15.2 Å². The van der Waals surface area contributed by atoms with Crippen LogP contribution in [0.2, 0.25) is 0 Å². The summed E-state index contributed by atoms with van der Waals surface area (Å²) in [6, 6.07) is 16.0. The van der Waals surface area contributed by atoms with Crippen LogP contribution in [0.1, 0.15) is 18.1 Å². The van der Waals surface area contributed by atoms with Crippen molar-refractivity contribution in [1.82, 2.24) is 15.5 Å². The largest absolute Gasteiger partial charge is 0.381 e. The number of nitrogens with one attached hydrogen (secondary N) is 2. The van der Waals surface area contributed by atoms with Crippen LogP contribution in [0.15, 0.2) is 54.7 Å². The van der Waals surface area contributed by atoms with Crippen LogP contribution < -0.4 is 5.32 Å². The second-order valence-corrected chi connectivity index (χ2v) is 7.06. The smallest absolute Gasteiger partial charge is 0.270 e. The maximum absolute atomic E-state index is 11.2. The zero-order valence-corrected chi connectivity index (χ0v) is 15.5. The lowest BCUT2D eigenvalue weighted by Gasteiger charge is -2.39. The Balaban J connectivity index is 1.93. The average molecular weight is 384 g/mol. The number of aromatic amines is 1. The Morgan fingerprint density at radius 2 is 2.07 bits per heavy atom. The van der Waals surface area contributed by atoms with Crippen LogP contribution in [0.25, 0.3) is 16.6 Å². The number of H-pyrrole nitrogens is 1. The van der Waals surface area contributed by atoms with E-state index in [9.17, 15) is 20.6 Å². The Labute approximate surface area is 166 Å². The molecule has 1 aromatic heterocycles. The van der Waals surface area contributed by atoms with Gasteiger partial charge in [0.05, 0.1) is 34.7 Å². The summed E-state index contributed by atoms with van der Waals surface area (Å²) in [5.41, 5.74) is 1.43. The van der Waals surface area contributed by atoms with Crippen molar-refractivity contribution in [2.24, 2.45) is 5.92 Å². The topological polar surface area (TPSA) is 131 Å². The molecule has 2 aromatic carbocycles. The molecule has 3 aromatic rings. The van der Waals surface area contributed by atoms with Crippen LogP contribution in [-0.2, 0) is 5.41 Å². The molecular formula is C21H16N6O2. The molecule has 0 saturated heterocycles. The number of rotatable bonds is 3. The maximum Gasteiger partial charge on any atom is 0.270 e. The van der Waals surface area contributed by atoms with Gasteiger partial charge in [0.15, 0.2) is 0 Å². The molecule has 1 aliphatic rings. The highest BCUT2D eigenvalue weighted by atomic mass is 16.6. The Morgan fingerprint density at radius 3 is 2.79 bits per heavy atom. The summed E-state index contributed by atoms with van der Waals surface area (Å²) in [7, 11) is 0. The Kier molecular flexibility index (Phi) is 4.25. The fraction of sp³-hybridized carbons (Fsp3) is 0.190. The van der Waals surface area contributed by atoms with Crippen molar-refractivity contribution in [2.45, 2.75) is 18.4 Å². The fourth-order valence-electron chi connectivity index (χ4n) is 3.88. The number of hydrogen-bond acceptors (Lipinski definition) is 6. The number of nitro benzene ring substituents is 1. The maximum atomic E-state index is 11.2. The second kappa shape index (κ2) is 6.77. The molecule has 2 heterocycles. The van der Waals surface area contributed by atoms with Crippen LogP contribution in [-0.4, -0.2) is 21.2 Å². The number of benzene rings is 2. The van der Waals surface area contributed by atoms with E-state index in [0.29, 0.717) is 16.8 Å². The van der Waals surface area contributed by atoms with Gasteiger partial charge in [-0.15, -0.1) is 0 Å². The molecule has 29 heavy (non-hydrogen) atoms. The summed E-state index contributed by atoms with van der Waals surface area (Å²) in [6.07, 6.45) is 3.38. The summed E-state index contributed by atoms with van der Waals surface area (Å²) < 4.78 is 0. The van der Waals surface area contributed by atoms with Gasteiger partial charge >= 0.3 is 0 Å². The second-order valence-electron chi connectivity index (χ2n) is 7.06. The highest BCUT2D eigenvalue weighted by molar-refractivity contribution is 5.80. The molecule has 0 aliphatic carbocycles. The van der Waals surface area contributed by atoms with E-state index in [1.807, 2.05) is 25.1 Å². The summed E-state index contributed by atoms with van der Waals surface area (Å²) in [4.78, 5) is 10.7. The molecule has 0 saturated carbocycles. The molecule has 3 unspecified atom stereocenters. The summed E-state index contributed by atoms with van der Waals surface area (Å²) in [5, 5.41) is 42.2. The van der Waals surface area contributed by atoms with Crippen molar-refractivity contribution in [3.05, 3.63) is 76.0 Å². The molecule has 4 rings (SSSR count). The van der Waals surface area contributed by atoms with Crippen molar-refractivity contribution in [1.29, 1.82) is 10.5 Å². The van der Waals surface area contributed by atoms with Gasteiger partial charge in [0.25, 0.3) is 5.69 Å². The van der Waals surface area contributed by atoms with Crippen molar-refractivity contribution < 1.29 is 4.92 Å². The minimum atomic E-state index is -1.22. The number of nitriles is 2. The van der Waals surface area contributed by atoms with E-state index in [2.05, 4.69) is 27.7 Å². The minimum Gasteiger partial charge on any atom is -0.381 e. The lowest BCUT2D eigenvalue weighted by Crippen LogP contribution is -2.48. The van der Waals surface area contributed by atoms with Crippen LogP contribution in [0.4, 0.5) is 5.69 Å². The Morgan fingerprint density at radius 1 is 1.24 bits per heavy atom. The summed E-state index contributed by atoms with van der Waals surface area (Å²) >= 11 is 0. The highest BCUT2D eigenvalue weighted by Crippen LogP contribution is 2.42. The van der Waals surface area contributed by atoms with Gasteiger partial charge in [0.1, 0.15) is 5.41 Å². The first-order valence-corrected chi connectivity index (χ1v) is 8.97. The number of nitro groups is 1. The van der Waals surface area contributed by atoms with Gasteiger partial charge in [0.2, 0.25) is 0 Å². The zero-order chi connectivity index (χ0) is 20.6. The van der Waals surface area contributed by atoms with E-state index < -0.39 is 16.3 Å². The van der Waals surface area contributed by atoms with Crippen LogP contribution >= 0.6 is 0 Å². The van der Waals surface area contributed by atoms with E-state index in [1.165, 1.54) is 12.1 Å². The molecule has 2 N–H and O–H groups in total. The lowest BCUT2D eigenvalue weighted by atomic mass is 9.66. The molecule has 3 atom stereocenters. The number of nitrogens with zero attached hydrogens (tertiary/aromatic N) is 4. The average Bonchev–Trinajstić information content (AvgIpc) is 3.21. The van der Waals surface area contributed by atoms with Crippen molar-refractivity contribution in [2.75, 3.05) is 0 Å². The third-order valence-electron chi connectivity index (χ3n) is 5.36. The predicted molar refractivity (Wildman–Crippen MR) is 106 cm³/mol. The van der Waals surface area contributed by atoms with E-state index in [-0.39, 0.29) is 11.7 Å². The number of aromatic nitrogens is 2. The fourth-order valence-corrected chi connectivity index (χ4v) is 3.88. The first-order chi connectivity index (χ1) is 14.0. The number of allylic oxidation sites excluding steroid dienone is 1. The summed E-state index contributed by atoms with van der Waals surface area (Å²) in [6.45, 7) is 1.83. The van der Waals surface area contributed by atoms with Crippen molar-refractivity contribution in [3.8, 4) is 12.1 Å². The van der Waals surface area contributed by atoms with Gasteiger partial charge in [-0.25, -0.2) is 0 Å². The SMILES string of the molecule is CC1NC(c2cccc([N+](=O)[O-])c2)=CC(C#N)(c2ccc3[nH]ncc3c2)C1C#N. The Hall–Kier alpha value is -4.17. The van der Waals surface area contributed by atoms with E-state index in [0.717, 1.165) is 10.9 Å². The molecule has 8 heteroatoms. The first kappa shape index (κ1) is 18.2. The molecule has 0 bridgehead atoms. The molecule has 0 amide bonds. The minimum absolute atomic E-state index is 0.0392. The standard InChI is InChI=1S/C21H16N6O2/c1-13-18(10-22)21(12-23,16-5-6-19-15(7-16)11-24-26-19)9-20(25-13)14-3-2-4-17(8-14)27(28)29/h2-9,11,13,18,25H,1H3,(H,24,26). The third-order valence-corrected chi connectivity index (χ3v) is 5.36. The van der Waals surface area contributed by atoms with Crippen LogP contribution in [0.5, 0.6) is 0 Å². The Bertz CT molecular complexity index is 1230. The number of hydrogen-bond donors (Lipinski definition) is 2.